The third kappa shape index (κ3) is 4.26. The molecule has 5 atom stereocenters. The van der Waals surface area contributed by atoms with Crippen molar-refractivity contribution in [1.29, 1.82) is 0 Å². The van der Waals surface area contributed by atoms with Crippen LogP contribution in [0.1, 0.15) is 25.8 Å². The molecule has 1 aromatic carbocycles. The first-order chi connectivity index (χ1) is 15.6. The molecule has 33 heavy (non-hydrogen) atoms. The van der Waals surface area contributed by atoms with Crippen LogP contribution in [-0.2, 0) is 30.5 Å². The molecule has 3 fully saturated rings. The number of methoxy groups -OCH3 is 1. The summed E-state index contributed by atoms with van der Waals surface area (Å²) in [5, 5.41) is 12.4. The van der Waals surface area contributed by atoms with Crippen molar-refractivity contribution in [2.75, 3.05) is 13.7 Å². The number of β-amino-alcohol motifs (C(OH)–C–C–N with tert-alkyl or cyclic N) is 1. The number of nitrogens with zero attached hydrogens (tertiary/aromatic N) is 2. The summed E-state index contributed by atoms with van der Waals surface area (Å²) in [6, 6.07) is 6.60. The van der Waals surface area contributed by atoms with Crippen LogP contribution in [0.3, 0.4) is 0 Å². The van der Waals surface area contributed by atoms with Crippen LogP contribution in [0, 0.1) is 0 Å². The lowest BCUT2D eigenvalue weighted by Gasteiger charge is -2.44. The number of hydrogen-bond acceptors (Lipinski definition) is 8. The predicted molar refractivity (Wildman–Crippen MR) is 118 cm³/mol. The molecule has 0 spiro atoms. The molecule has 4 rings (SSSR count). The molecular formula is C22H27N3O7S. The summed E-state index contributed by atoms with van der Waals surface area (Å²) in [4.78, 5) is 53.3. The van der Waals surface area contributed by atoms with E-state index in [0.29, 0.717) is 0 Å². The maximum atomic E-state index is 13.0. The van der Waals surface area contributed by atoms with Gasteiger partial charge in [0.1, 0.15) is 30.1 Å². The zero-order valence-corrected chi connectivity index (χ0v) is 19.4. The average Bonchev–Trinajstić information content (AvgIpc) is 3.31. The molecule has 0 saturated carbocycles. The second-order valence-corrected chi connectivity index (χ2v) is 10.6. The van der Waals surface area contributed by atoms with E-state index in [4.69, 9.17) is 9.47 Å². The van der Waals surface area contributed by atoms with Crippen molar-refractivity contribution in [3.63, 3.8) is 0 Å². The van der Waals surface area contributed by atoms with Crippen molar-refractivity contribution in [2.24, 2.45) is 0 Å². The molecule has 3 saturated heterocycles. The molecule has 10 nitrogen and oxygen atoms in total. The maximum absolute atomic E-state index is 13.0. The topological polar surface area (TPSA) is 125 Å². The molecule has 1 aromatic rings. The maximum Gasteiger partial charge on any atom is 0.410 e. The van der Waals surface area contributed by atoms with Gasteiger partial charge in [-0.1, -0.05) is 30.3 Å². The summed E-state index contributed by atoms with van der Waals surface area (Å²) in [5.74, 6) is -1.42. The Morgan fingerprint density at radius 1 is 1.24 bits per heavy atom. The van der Waals surface area contributed by atoms with Gasteiger partial charge in [-0.2, -0.15) is 0 Å². The molecule has 11 heteroatoms. The summed E-state index contributed by atoms with van der Waals surface area (Å²) in [5.41, 5.74) is 0.799. The van der Waals surface area contributed by atoms with Gasteiger partial charge in [0, 0.05) is 11.2 Å². The van der Waals surface area contributed by atoms with Gasteiger partial charge in [-0.25, -0.2) is 9.59 Å². The van der Waals surface area contributed by atoms with Gasteiger partial charge in [0.2, 0.25) is 11.8 Å². The van der Waals surface area contributed by atoms with Gasteiger partial charge in [-0.3, -0.25) is 14.5 Å². The number of benzene rings is 1. The van der Waals surface area contributed by atoms with Crippen molar-refractivity contribution in [3.05, 3.63) is 35.9 Å². The molecule has 0 unspecified atom stereocenters. The Balaban J connectivity index is 1.40. The smallest absolute Gasteiger partial charge is 0.410 e. The van der Waals surface area contributed by atoms with Crippen LogP contribution in [0.5, 0.6) is 0 Å². The summed E-state index contributed by atoms with van der Waals surface area (Å²) < 4.78 is 9.60. The van der Waals surface area contributed by atoms with E-state index >= 15 is 0 Å². The summed E-state index contributed by atoms with van der Waals surface area (Å²) in [7, 11) is 1.27. The van der Waals surface area contributed by atoms with E-state index in [1.165, 1.54) is 28.7 Å². The Labute approximate surface area is 195 Å². The number of hydrogen-bond donors (Lipinski definition) is 2. The Hall–Kier alpha value is -2.79. The number of thioether (sulfide) groups is 1. The third-order valence-electron chi connectivity index (χ3n) is 6.18. The van der Waals surface area contributed by atoms with Crippen LogP contribution in [0.4, 0.5) is 4.79 Å². The number of likely N-dealkylation sites (tertiary alicyclic amines) is 1. The molecule has 0 bridgehead atoms. The molecule has 0 radical (unpaired) electrons. The minimum Gasteiger partial charge on any atom is -0.467 e. The SMILES string of the molecule is COC(=O)[C@@H]1N2C(=O)[C@@H](NC(=O)[C@@H]3C[C@@H](O)CN3C(=O)OCc3ccccc3)[C@H]2SC1(C)C. The highest BCUT2D eigenvalue weighted by atomic mass is 32.2. The molecule has 0 aromatic heterocycles. The van der Waals surface area contributed by atoms with Crippen LogP contribution in [0.25, 0.3) is 0 Å². The number of esters is 1. The lowest BCUT2D eigenvalue weighted by molar-refractivity contribution is -0.163. The van der Waals surface area contributed by atoms with Gasteiger partial charge in [-0.05, 0) is 19.4 Å². The number of ether oxygens (including phenoxy) is 2. The van der Waals surface area contributed by atoms with Gasteiger partial charge in [-0.15, -0.1) is 11.8 Å². The Bertz CT molecular complexity index is 957. The van der Waals surface area contributed by atoms with Crippen LogP contribution < -0.4 is 5.32 Å². The zero-order valence-electron chi connectivity index (χ0n) is 18.6. The monoisotopic (exact) mass is 477 g/mol. The average molecular weight is 478 g/mol. The van der Waals surface area contributed by atoms with Gasteiger partial charge in [0.05, 0.1) is 19.8 Å². The first-order valence-electron chi connectivity index (χ1n) is 10.7. The lowest BCUT2D eigenvalue weighted by Crippen LogP contribution is -2.71. The zero-order chi connectivity index (χ0) is 23.9. The molecule has 178 valence electrons. The largest absolute Gasteiger partial charge is 0.467 e. The van der Waals surface area contributed by atoms with Crippen LogP contribution >= 0.6 is 11.8 Å². The van der Waals surface area contributed by atoms with Crippen LogP contribution in [-0.4, -0.2) is 86.8 Å². The minimum absolute atomic E-state index is 0.0356. The quantitative estimate of drug-likeness (QED) is 0.463. The fourth-order valence-corrected chi connectivity index (χ4v) is 6.17. The fraction of sp³-hybridized carbons (Fsp3) is 0.545. The number of rotatable bonds is 5. The van der Waals surface area contributed by atoms with E-state index in [-0.39, 0.29) is 25.5 Å². The summed E-state index contributed by atoms with van der Waals surface area (Å²) >= 11 is 1.41. The van der Waals surface area contributed by atoms with Crippen LogP contribution in [0.2, 0.25) is 0 Å². The van der Waals surface area contributed by atoms with Crippen molar-refractivity contribution in [1.82, 2.24) is 15.1 Å². The van der Waals surface area contributed by atoms with Gasteiger partial charge < -0.3 is 24.8 Å². The van der Waals surface area contributed by atoms with Crippen molar-refractivity contribution >= 4 is 35.6 Å². The van der Waals surface area contributed by atoms with Gasteiger partial charge in [0.25, 0.3) is 0 Å². The van der Waals surface area contributed by atoms with Crippen molar-refractivity contribution in [2.45, 2.75) is 61.2 Å². The second kappa shape index (κ2) is 8.86. The standard InChI is InChI=1S/C22H27N3O7S/c1-22(2)16(20(29)31-3)25-18(28)15(19(25)33-22)23-17(27)14-9-13(26)10-24(14)21(30)32-11-12-7-5-4-6-8-12/h4-8,13-16,19,26H,9-11H2,1-3H3,(H,23,27)/t13-,14+,15-,16+,19-/m1/s1. The highest BCUT2D eigenvalue weighted by molar-refractivity contribution is 8.01. The van der Waals surface area contributed by atoms with Crippen molar-refractivity contribution in [3.8, 4) is 0 Å². The normalized spacial score (nSPS) is 29.8. The van der Waals surface area contributed by atoms with Crippen LogP contribution in [0.15, 0.2) is 30.3 Å². The number of amides is 3. The molecule has 0 aliphatic carbocycles. The van der Waals surface area contributed by atoms with E-state index in [1.807, 2.05) is 44.2 Å². The molecule has 2 N–H and O–H groups in total. The molecule has 3 amide bonds. The number of β-lactam (4-membered cyclic amide) rings is 1. The van der Waals surface area contributed by atoms with Gasteiger partial charge in [0.15, 0.2) is 0 Å². The Kier molecular flexibility index (Phi) is 6.28. The van der Waals surface area contributed by atoms with Crippen molar-refractivity contribution < 1.29 is 33.8 Å². The summed E-state index contributed by atoms with van der Waals surface area (Å²) in [6.45, 7) is 3.70. The van der Waals surface area contributed by atoms with Gasteiger partial charge >= 0.3 is 12.1 Å². The molecular weight excluding hydrogens is 450 g/mol. The minimum atomic E-state index is -0.957. The van der Waals surface area contributed by atoms with E-state index < -0.39 is 52.3 Å². The second-order valence-electron chi connectivity index (χ2n) is 8.87. The van der Waals surface area contributed by atoms with E-state index in [0.717, 1.165) is 5.56 Å². The Morgan fingerprint density at radius 2 is 1.94 bits per heavy atom. The first kappa shape index (κ1) is 23.4. The highest BCUT2D eigenvalue weighted by Gasteiger charge is 2.64. The number of carbonyl (C=O) groups excluding carboxylic acids is 4. The highest BCUT2D eigenvalue weighted by Crippen LogP contribution is 2.51. The third-order valence-corrected chi connectivity index (χ3v) is 7.76. The predicted octanol–water partition coefficient (Wildman–Crippen LogP) is 0.479. The number of fused-ring (bicyclic) bond motifs is 1. The number of aliphatic hydroxyl groups excluding tert-OH is 1. The summed E-state index contributed by atoms with van der Waals surface area (Å²) in [6.07, 6.45) is -1.54. The number of aliphatic hydroxyl groups is 1. The van der Waals surface area contributed by atoms with E-state index in [9.17, 15) is 24.3 Å². The molecule has 3 heterocycles. The lowest BCUT2D eigenvalue weighted by atomic mass is 9.95. The first-order valence-corrected chi connectivity index (χ1v) is 11.6. The number of nitrogens with one attached hydrogen (secondary N) is 1. The molecule has 3 aliphatic heterocycles. The fourth-order valence-electron chi connectivity index (χ4n) is 4.55. The van der Waals surface area contributed by atoms with E-state index in [2.05, 4.69) is 5.32 Å². The Morgan fingerprint density at radius 3 is 2.61 bits per heavy atom. The molecule has 3 aliphatic rings. The number of carbonyl (C=O) groups is 4. The van der Waals surface area contributed by atoms with E-state index in [1.54, 1.807) is 0 Å².